The topological polar surface area (TPSA) is 4.93 Å². The quantitative estimate of drug-likeness (QED) is 0.188. The zero-order valence-electron chi connectivity index (χ0n) is 24.2. The Labute approximate surface area is 267 Å². The van der Waals surface area contributed by atoms with Crippen LogP contribution in [0.5, 0.6) is 0 Å². The van der Waals surface area contributed by atoms with Crippen LogP contribution in [0.2, 0.25) is 0 Å². The van der Waals surface area contributed by atoms with Gasteiger partial charge in [0.05, 0.1) is 11.0 Å². The Kier molecular flexibility index (Phi) is 5.39. The molecule has 3 heterocycles. The molecule has 0 spiro atoms. The van der Waals surface area contributed by atoms with E-state index in [1.54, 1.807) is 0 Å². The van der Waals surface area contributed by atoms with Gasteiger partial charge in [0.2, 0.25) is 0 Å². The molecular weight excluding hydrogens is 583 g/mol. The molecule has 0 amide bonds. The fourth-order valence-corrected chi connectivity index (χ4v) is 9.42. The third-order valence-corrected chi connectivity index (χ3v) is 11.6. The molecule has 45 heavy (non-hydrogen) atoms. The van der Waals surface area contributed by atoms with Crippen molar-refractivity contribution in [2.45, 2.75) is 0 Å². The van der Waals surface area contributed by atoms with Crippen LogP contribution in [0.3, 0.4) is 0 Å². The highest BCUT2D eigenvalue weighted by Crippen LogP contribution is 2.44. The molecule has 7 aromatic carbocycles. The minimum atomic E-state index is 1.19. The molecule has 0 saturated carbocycles. The van der Waals surface area contributed by atoms with E-state index in [2.05, 4.69) is 156 Å². The van der Waals surface area contributed by atoms with Crippen molar-refractivity contribution in [3.8, 4) is 27.9 Å². The summed E-state index contributed by atoms with van der Waals surface area (Å²) in [4.78, 5) is 0. The van der Waals surface area contributed by atoms with Gasteiger partial charge >= 0.3 is 0 Å². The smallest absolute Gasteiger partial charge is 0.0541 e. The average Bonchev–Trinajstić information content (AvgIpc) is 3.77. The number of rotatable bonds is 3. The van der Waals surface area contributed by atoms with Gasteiger partial charge in [-0.15, -0.1) is 22.7 Å². The van der Waals surface area contributed by atoms with Crippen LogP contribution in [0.25, 0.3) is 90.1 Å². The van der Waals surface area contributed by atoms with E-state index >= 15 is 0 Å². The fraction of sp³-hybridized carbons (Fsp3) is 0. The van der Waals surface area contributed by atoms with Gasteiger partial charge in [0, 0.05) is 62.4 Å². The van der Waals surface area contributed by atoms with E-state index in [9.17, 15) is 0 Å². The summed E-state index contributed by atoms with van der Waals surface area (Å²) >= 11 is 3.76. The summed E-state index contributed by atoms with van der Waals surface area (Å²) in [6.45, 7) is 0. The molecule has 0 bridgehead atoms. The first-order valence-electron chi connectivity index (χ1n) is 15.3. The van der Waals surface area contributed by atoms with Crippen molar-refractivity contribution in [1.29, 1.82) is 0 Å². The van der Waals surface area contributed by atoms with Gasteiger partial charge in [0.25, 0.3) is 0 Å². The number of fused-ring (bicyclic) bond motifs is 9. The largest absolute Gasteiger partial charge is 0.309 e. The second-order valence-corrected chi connectivity index (χ2v) is 13.9. The molecule has 10 aromatic rings. The van der Waals surface area contributed by atoms with E-state index in [1.165, 1.54) is 90.1 Å². The second kappa shape index (κ2) is 9.64. The zero-order chi connectivity index (χ0) is 29.5. The fourth-order valence-electron chi connectivity index (χ4n) is 7.11. The van der Waals surface area contributed by atoms with Gasteiger partial charge in [-0.1, -0.05) is 97.1 Å². The van der Waals surface area contributed by atoms with Crippen molar-refractivity contribution < 1.29 is 0 Å². The molecule has 0 N–H and O–H groups in total. The van der Waals surface area contributed by atoms with Gasteiger partial charge in [-0.05, 0) is 71.3 Å². The molecule has 0 atom stereocenters. The third kappa shape index (κ3) is 3.78. The number of nitrogens with zero attached hydrogens (tertiary/aromatic N) is 1. The molecule has 3 aromatic heterocycles. The Morgan fingerprint density at radius 1 is 0.356 bits per heavy atom. The molecule has 0 aliphatic rings. The zero-order valence-corrected chi connectivity index (χ0v) is 25.8. The van der Waals surface area contributed by atoms with E-state index < -0.39 is 0 Å². The molecule has 10 rings (SSSR count). The summed E-state index contributed by atoms with van der Waals surface area (Å²) < 4.78 is 7.80. The third-order valence-electron chi connectivity index (χ3n) is 9.19. The van der Waals surface area contributed by atoms with Crippen molar-refractivity contribution in [3.05, 3.63) is 152 Å². The normalized spacial score (nSPS) is 12.0. The number of para-hydroxylation sites is 1. The van der Waals surface area contributed by atoms with Gasteiger partial charge in [-0.2, -0.15) is 0 Å². The van der Waals surface area contributed by atoms with E-state index in [0.29, 0.717) is 0 Å². The average molecular weight is 608 g/mol. The number of hydrogen-bond donors (Lipinski definition) is 0. The molecule has 0 radical (unpaired) electrons. The van der Waals surface area contributed by atoms with Crippen LogP contribution in [-0.4, -0.2) is 4.57 Å². The molecule has 0 aliphatic carbocycles. The van der Waals surface area contributed by atoms with E-state index in [1.807, 2.05) is 22.7 Å². The van der Waals surface area contributed by atoms with Crippen molar-refractivity contribution >= 4 is 84.8 Å². The highest BCUT2D eigenvalue weighted by molar-refractivity contribution is 7.26. The van der Waals surface area contributed by atoms with Crippen LogP contribution in [-0.2, 0) is 0 Å². The van der Waals surface area contributed by atoms with Crippen molar-refractivity contribution in [3.63, 3.8) is 0 Å². The maximum absolute atomic E-state index is 2.46. The van der Waals surface area contributed by atoms with Gasteiger partial charge in [0.15, 0.2) is 0 Å². The Hall–Kier alpha value is -5.22. The molecule has 3 heteroatoms. The minimum Gasteiger partial charge on any atom is -0.309 e. The summed E-state index contributed by atoms with van der Waals surface area (Å²) in [5.41, 5.74) is 8.66. The van der Waals surface area contributed by atoms with Crippen LogP contribution in [0.1, 0.15) is 0 Å². The predicted molar refractivity (Wildman–Crippen MR) is 197 cm³/mol. The molecule has 0 unspecified atom stereocenters. The Morgan fingerprint density at radius 2 is 0.956 bits per heavy atom. The number of benzene rings is 7. The predicted octanol–water partition coefficient (Wildman–Crippen LogP) is 12.9. The number of aromatic nitrogens is 1. The second-order valence-electron chi connectivity index (χ2n) is 11.7. The molecular formula is C42H25NS2. The van der Waals surface area contributed by atoms with Crippen molar-refractivity contribution in [2.75, 3.05) is 0 Å². The number of hydrogen-bond acceptors (Lipinski definition) is 2. The molecule has 0 saturated heterocycles. The summed E-state index contributed by atoms with van der Waals surface area (Å²) in [5, 5.41) is 7.84. The summed E-state index contributed by atoms with van der Waals surface area (Å²) in [7, 11) is 0. The van der Waals surface area contributed by atoms with Crippen molar-refractivity contribution in [2.24, 2.45) is 0 Å². The highest BCUT2D eigenvalue weighted by atomic mass is 32.1. The first-order chi connectivity index (χ1) is 22.3. The molecule has 210 valence electrons. The summed E-state index contributed by atoms with van der Waals surface area (Å²) in [6.07, 6.45) is 0. The maximum atomic E-state index is 2.46. The maximum Gasteiger partial charge on any atom is 0.0541 e. The highest BCUT2D eigenvalue weighted by Gasteiger charge is 2.18. The lowest BCUT2D eigenvalue weighted by Gasteiger charge is -2.12. The van der Waals surface area contributed by atoms with Crippen LogP contribution in [0.4, 0.5) is 0 Å². The molecule has 0 fully saturated rings. The Morgan fingerprint density at radius 3 is 1.78 bits per heavy atom. The van der Waals surface area contributed by atoms with Crippen LogP contribution < -0.4 is 0 Å². The van der Waals surface area contributed by atoms with Gasteiger partial charge in [-0.25, -0.2) is 0 Å². The van der Waals surface area contributed by atoms with Gasteiger partial charge in [0.1, 0.15) is 0 Å². The number of thiophene rings is 2. The monoisotopic (exact) mass is 607 g/mol. The first-order valence-corrected chi connectivity index (χ1v) is 16.9. The van der Waals surface area contributed by atoms with Gasteiger partial charge < -0.3 is 4.57 Å². The molecule has 1 nitrogen and oxygen atoms in total. The Bertz CT molecular complexity index is 2760. The standard InChI is InChI=1S/C42H25NS2/c1-2-10-26(11-3-1)33-24-29(25-36-32-14-6-9-17-40(32)45-42(33)36)43-37-15-7-4-12-30(37)34-22-27(18-20-38(34)43)28-19-21-41-35(23-28)31-13-5-8-16-39(31)44-41/h1-25H. The van der Waals surface area contributed by atoms with Gasteiger partial charge in [-0.3, -0.25) is 0 Å². The summed E-state index contributed by atoms with van der Waals surface area (Å²) in [5.74, 6) is 0. The lowest BCUT2D eigenvalue weighted by molar-refractivity contribution is 1.19. The Balaban J connectivity index is 1.23. The van der Waals surface area contributed by atoms with E-state index in [0.717, 1.165) is 0 Å². The van der Waals surface area contributed by atoms with E-state index in [-0.39, 0.29) is 0 Å². The molecule has 0 aliphatic heterocycles. The van der Waals surface area contributed by atoms with Crippen molar-refractivity contribution in [1.82, 2.24) is 4.57 Å². The summed E-state index contributed by atoms with van der Waals surface area (Å²) in [6, 6.07) is 55.9. The lowest BCUT2D eigenvalue weighted by Crippen LogP contribution is -1.95. The first kappa shape index (κ1) is 25.1. The SMILES string of the molecule is c1ccc(-c2cc(-n3c4ccccc4c4cc(-c5ccc6sc7ccccc7c6c5)ccc43)cc3c2sc2ccccc23)cc1. The minimum absolute atomic E-state index is 1.19. The van der Waals surface area contributed by atoms with Crippen LogP contribution in [0, 0.1) is 0 Å². The van der Waals surface area contributed by atoms with Crippen LogP contribution >= 0.6 is 22.7 Å². The van der Waals surface area contributed by atoms with Crippen LogP contribution in [0.15, 0.2) is 152 Å². The lowest BCUT2D eigenvalue weighted by atomic mass is 10.0. The van der Waals surface area contributed by atoms with E-state index in [4.69, 9.17) is 0 Å².